The molecule has 8 atom stereocenters. The molecule has 4 fully saturated rings. The Morgan fingerprint density at radius 1 is 1.05 bits per heavy atom. The van der Waals surface area contributed by atoms with Gasteiger partial charge in [0.15, 0.2) is 0 Å². The zero-order valence-corrected chi connectivity index (χ0v) is 13.9. The molecule has 0 aromatic carbocycles. The Kier molecular flexibility index (Phi) is 3.30. The Balaban J connectivity index is 1.66. The fourth-order valence-corrected chi connectivity index (χ4v) is 7.07. The summed E-state index contributed by atoms with van der Waals surface area (Å²) in [6, 6.07) is 0. The zero-order chi connectivity index (χ0) is 15.7. The molecule has 0 aromatic heterocycles. The van der Waals surface area contributed by atoms with E-state index in [9.17, 15) is 15.0 Å². The minimum atomic E-state index is -0.417. The summed E-state index contributed by atoms with van der Waals surface area (Å²) in [5.41, 5.74) is 0.0484. The van der Waals surface area contributed by atoms with E-state index in [0.717, 1.165) is 38.5 Å². The van der Waals surface area contributed by atoms with E-state index in [2.05, 4.69) is 13.8 Å². The summed E-state index contributed by atoms with van der Waals surface area (Å²) < 4.78 is 0. The van der Waals surface area contributed by atoms with Gasteiger partial charge in [0.05, 0.1) is 12.2 Å². The lowest BCUT2D eigenvalue weighted by atomic mass is 9.45. The fourth-order valence-electron chi connectivity index (χ4n) is 7.07. The molecule has 0 saturated heterocycles. The molecule has 4 saturated carbocycles. The molecular formula is C19H30O3. The predicted molar refractivity (Wildman–Crippen MR) is 84.1 cm³/mol. The van der Waals surface area contributed by atoms with Crippen LogP contribution in [0.25, 0.3) is 0 Å². The molecule has 4 rings (SSSR count). The summed E-state index contributed by atoms with van der Waals surface area (Å²) in [4.78, 5) is 12.4. The molecule has 2 N–H and O–H groups in total. The molecule has 0 bridgehead atoms. The normalized spacial score (nSPS) is 57.9. The summed E-state index contributed by atoms with van der Waals surface area (Å²) in [5.74, 6) is 2.27. The van der Waals surface area contributed by atoms with Crippen LogP contribution >= 0.6 is 0 Å². The van der Waals surface area contributed by atoms with Crippen LogP contribution in [0.5, 0.6) is 0 Å². The second kappa shape index (κ2) is 4.80. The number of ketones is 1. The minimum absolute atomic E-state index is 0.109. The molecule has 3 heteroatoms. The highest BCUT2D eigenvalue weighted by Gasteiger charge is 2.62. The first-order chi connectivity index (χ1) is 10.4. The highest BCUT2D eigenvalue weighted by atomic mass is 16.3. The van der Waals surface area contributed by atoms with Crippen LogP contribution in [0.1, 0.15) is 65.2 Å². The maximum atomic E-state index is 12.4. The lowest BCUT2D eigenvalue weighted by molar-refractivity contribution is -0.148. The monoisotopic (exact) mass is 306 g/mol. The highest BCUT2D eigenvalue weighted by molar-refractivity contribution is 5.88. The SMILES string of the molecule is C[C@]12CCC3C(CC[C@H]4C[C@@H](O)CC[C@]34C)C1[C@H](O)CC2=O. The van der Waals surface area contributed by atoms with Gasteiger partial charge < -0.3 is 10.2 Å². The molecule has 4 aliphatic rings. The number of fused-ring (bicyclic) bond motifs is 5. The fraction of sp³-hybridized carbons (Fsp3) is 0.947. The van der Waals surface area contributed by atoms with Gasteiger partial charge in [0.1, 0.15) is 5.78 Å². The number of aliphatic hydroxyl groups excluding tert-OH is 2. The summed E-state index contributed by atoms with van der Waals surface area (Å²) in [6.07, 6.45) is 7.27. The van der Waals surface area contributed by atoms with Gasteiger partial charge in [-0.25, -0.2) is 0 Å². The molecule has 4 aliphatic carbocycles. The number of hydrogen-bond donors (Lipinski definition) is 2. The third-order valence-corrected chi connectivity index (χ3v) is 8.34. The quantitative estimate of drug-likeness (QED) is 0.723. The van der Waals surface area contributed by atoms with E-state index in [1.54, 1.807) is 0 Å². The Morgan fingerprint density at radius 2 is 1.82 bits per heavy atom. The molecular weight excluding hydrogens is 276 g/mol. The van der Waals surface area contributed by atoms with Crippen LogP contribution < -0.4 is 0 Å². The van der Waals surface area contributed by atoms with Crippen molar-refractivity contribution in [1.29, 1.82) is 0 Å². The van der Waals surface area contributed by atoms with Crippen molar-refractivity contribution in [2.75, 3.05) is 0 Å². The van der Waals surface area contributed by atoms with Crippen molar-refractivity contribution < 1.29 is 15.0 Å². The van der Waals surface area contributed by atoms with Crippen LogP contribution in [0.3, 0.4) is 0 Å². The molecule has 3 nitrogen and oxygen atoms in total. The number of rotatable bonds is 0. The van der Waals surface area contributed by atoms with Gasteiger partial charge in [-0.3, -0.25) is 4.79 Å². The van der Waals surface area contributed by atoms with Gasteiger partial charge in [0.25, 0.3) is 0 Å². The predicted octanol–water partition coefficient (Wildman–Crippen LogP) is 2.93. The Hall–Kier alpha value is -0.410. The first-order valence-electron chi connectivity index (χ1n) is 9.25. The minimum Gasteiger partial charge on any atom is -0.393 e. The lowest BCUT2D eigenvalue weighted by Gasteiger charge is -2.60. The maximum Gasteiger partial charge on any atom is 0.141 e. The van der Waals surface area contributed by atoms with Crippen LogP contribution in [-0.2, 0) is 4.79 Å². The Morgan fingerprint density at radius 3 is 2.59 bits per heavy atom. The summed E-state index contributed by atoms with van der Waals surface area (Å²) >= 11 is 0. The number of carbonyl (C=O) groups excluding carboxylic acids is 1. The van der Waals surface area contributed by atoms with Gasteiger partial charge in [0, 0.05) is 17.8 Å². The third-order valence-electron chi connectivity index (χ3n) is 8.34. The van der Waals surface area contributed by atoms with Gasteiger partial charge >= 0.3 is 0 Å². The number of Topliss-reactive ketones (excluding diaryl/α,β-unsaturated/α-hetero) is 1. The molecule has 0 heterocycles. The summed E-state index contributed by atoms with van der Waals surface area (Å²) in [5, 5.41) is 20.6. The highest BCUT2D eigenvalue weighted by Crippen LogP contribution is 2.65. The standard InChI is InChI=1S/C19H30O3/c1-18-7-5-12(20)9-11(18)3-4-13-14(18)6-8-19(2)16(22)10-15(21)17(13)19/h11-15,17,20-21H,3-10H2,1-2H3/t11-,12-,13?,14?,15+,17?,18-,19+/m0/s1. The molecule has 3 unspecified atom stereocenters. The van der Waals surface area contributed by atoms with E-state index >= 15 is 0 Å². The van der Waals surface area contributed by atoms with E-state index in [-0.39, 0.29) is 17.4 Å². The first-order valence-corrected chi connectivity index (χ1v) is 9.25. The second-order valence-corrected chi connectivity index (χ2v) is 9.16. The zero-order valence-electron chi connectivity index (χ0n) is 13.9. The molecule has 0 radical (unpaired) electrons. The topological polar surface area (TPSA) is 57.5 Å². The number of carbonyl (C=O) groups is 1. The van der Waals surface area contributed by atoms with E-state index in [1.807, 2.05) is 0 Å². The lowest BCUT2D eigenvalue weighted by Crippen LogP contribution is -2.55. The van der Waals surface area contributed by atoms with Gasteiger partial charge in [-0.15, -0.1) is 0 Å². The van der Waals surface area contributed by atoms with Crippen molar-refractivity contribution in [3.63, 3.8) is 0 Å². The third kappa shape index (κ3) is 1.84. The molecule has 0 aliphatic heterocycles. The van der Waals surface area contributed by atoms with Crippen LogP contribution in [-0.4, -0.2) is 28.2 Å². The average Bonchev–Trinajstić information content (AvgIpc) is 2.70. The molecule has 0 amide bonds. The van der Waals surface area contributed by atoms with Crippen molar-refractivity contribution in [1.82, 2.24) is 0 Å². The Labute approximate surface area is 133 Å². The van der Waals surface area contributed by atoms with Gasteiger partial charge in [-0.1, -0.05) is 13.8 Å². The van der Waals surface area contributed by atoms with Crippen LogP contribution in [0.15, 0.2) is 0 Å². The molecule has 0 aromatic rings. The summed E-state index contributed by atoms with van der Waals surface area (Å²) in [6.45, 7) is 4.55. The van der Waals surface area contributed by atoms with E-state index in [0.29, 0.717) is 35.4 Å². The van der Waals surface area contributed by atoms with Crippen molar-refractivity contribution >= 4 is 5.78 Å². The van der Waals surface area contributed by atoms with Crippen molar-refractivity contribution in [3.05, 3.63) is 0 Å². The average molecular weight is 306 g/mol. The second-order valence-electron chi connectivity index (χ2n) is 9.16. The van der Waals surface area contributed by atoms with E-state index in [4.69, 9.17) is 0 Å². The summed E-state index contributed by atoms with van der Waals surface area (Å²) in [7, 11) is 0. The van der Waals surface area contributed by atoms with Gasteiger partial charge in [-0.2, -0.15) is 0 Å². The van der Waals surface area contributed by atoms with Crippen molar-refractivity contribution in [2.45, 2.75) is 77.4 Å². The molecule has 0 spiro atoms. The van der Waals surface area contributed by atoms with Crippen LogP contribution in [0.4, 0.5) is 0 Å². The van der Waals surface area contributed by atoms with E-state index < -0.39 is 6.10 Å². The number of aliphatic hydroxyl groups is 2. The van der Waals surface area contributed by atoms with Gasteiger partial charge in [0.2, 0.25) is 0 Å². The number of hydrogen-bond acceptors (Lipinski definition) is 3. The first kappa shape index (κ1) is 15.1. The van der Waals surface area contributed by atoms with Crippen molar-refractivity contribution in [2.24, 2.45) is 34.5 Å². The smallest absolute Gasteiger partial charge is 0.141 e. The molecule has 124 valence electrons. The van der Waals surface area contributed by atoms with Crippen molar-refractivity contribution in [3.8, 4) is 0 Å². The van der Waals surface area contributed by atoms with Crippen LogP contribution in [0, 0.1) is 34.5 Å². The Bertz CT molecular complexity index is 489. The van der Waals surface area contributed by atoms with Crippen LogP contribution in [0.2, 0.25) is 0 Å². The van der Waals surface area contributed by atoms with Gasteiger partial charge in [-0.05, 0) is 68.1 Å². The molecule has 22 heavy (non-hydrogen) atoms. The largest absolute Gasteiger partial charge is 0.393 e. The maximum absolute atomic E-state index is 12.4. The van der Waals surface area contributed by atoms with E-state index in [1.165, 1.54) is 6.42 Å².